The molecule has 1 aromatic carbocycles. The van der Waals surface area contributed by atoms with Crippen LogP contribution < -0.4 is 0 Å². The summed E-state index contributed by atoms with van der Waals surface area (Å²) in [4.78, 5) is 13.0. The van der Waals surface area contributed by atoms with Crippen molar-refractivity contribution in [3.8, 4) is 0 Å². The molecule has 0 bridgehead atoms. The largest absolute Gasteiger partial charge is 0.447 e. The Labute approximate surface area is 83.3 Å². The molecule has 1 saturated heterocycles. The van der Waals surface area contributed by atoms with Gasteiger partial charge in [-0.3, -0.25) is 4.90 Å². The second-order valence-corrected chi connectivity index (χ2v) is 3.54. The molecule has 1 atom stereocenters. The van der Waals surface area contributed by atoms with Crippen LogP contribution in [0, 0.1) is 0 Å². The minimum Gasteiger partial charge on any atom is -0.447 e. The fourth-order valence-corrected chi connectivity index (χ4v) is 1.55. The Morgan fingerprint density at radius 3 is 2.71 bits per heavy atom. The number of rotatable bonds is 2. The van der Waals surface area contributed by atoms with E-state index in [0.29, 0.717) is 13.2 Å². The van der Waals surface area contributed by atoms with Gasteiger partial charge in [0.05, 0.1) is 6.04 Å². The predicted octanol–water partition coefficient (Wildman–Crippen LogP) is 2.03. The van der Waals surface area contributed by atoms with Gasteiger partial charge in [0.25, 0.3) is 0 Å². The van der Waals surface area contributed by atoms with Crippen molar-refractivity contribution in [2.45, 2.75) is 19.5 Å². The van der Waals surface area contributed by atoms with Gasteiger partial charge in [0.1, 0.15) is 6.61 Å². The van der Waals surface area contributed by atoms with E-state index in [-0.39, 0.29) is 12.1 Å². The number of carbonyl (C=O) groups is 1. The molecule has 1 aliphatic rings. The minimum atomic E-state index is -0.207. The van der Waals surface area contributed by atoms with Crippen molar-refractivity contribution in [3.63, 3.8) is 0 Å². The molecule has 74 valence electrons. The van der Waals surface area contributed by atoms with Crippen LogP contribution in [0.3, 0.4) is 0 Å². The Bertz CT molecular complexity index is 323. The zero-order valence-electron chi connectivity index (χ0n) is 8.14. The molecule has 0 N–H and O–H groups in total. The first-order valence-electron chi connectivity index (χ1n) is 4.74. The summed E-state index contributed by atoms with van der Waals surface area (Å²) < 4.78 is 4.94. The van der Waals surface area contributed by atoms with Crippen LogP contribution in [0.25, 0.3) is 0 Å². The maximum atomic E-state index is 11.3. The molecule has 3 nitrogen and oxygen atoms in total. The zero-order chi connectivity index (χ0) is 9.97. The van der Waals surface area contributed by atoms with Crippen molar-refractivity contribution < 1.29 is 9.53 Å². The summed E-state index contributed by atoms with van der Waals surface area (Å²) >= 11 is 0. The van der Waals surface area contributed by atoms with Crippen molar-refractivity contribution >= 4 is 6.09 Å². The van der Waals surface area contributed by atoms with Gasteiger partial charge in [0.15, 0.2) is 0 Å². The fraction of sp³-hybridized carbons (Fsp3) is 0.364. The Hall–Kier alpha value is -1.51. The van der Waals surface area contributed by atoms with E-state index in [4.69, 9.17) is 4.74 Å². The van der Waals surface area contributed by atoms with Gasteiger partial charge in [0, 0.05) is 6.54 Å². The zero-order valence-corrected chi connectivity index (χ0v) is 8.14. The molecule has 0 unspecified atom stereocenters. The summed E-state index contributed by atoms with van der Waals surface area (Å²) in [6.07, 6.45) is -0.207. The van der Waals surface area contributed by atoms with Gasteiger partial charge in [-0.05, 0) is 12.5 Å². The molecule has 1 aromatic rings. The standard InChI is InChI=1S/C11H13NO2/c1-9-8-14-11(13)12(9)7-10-5-3-2-4-6-10/h2-6,9H,7-8H2,1H3/t9-/m1/s1. The number of cyclic esters (lactones) is 1. The number of ether oxygens (including phenoxy) is 1. The third kappa shape index (κ3) is 1.71. The number of hydrogen-bond acceptors (Lipinski definition) is 2. The third-order valence-electron chi connectivity index (χ3n) is 2.41. The van der Waals surface area contributed by atoms with Crippen LogP contribution in [0.2, 0.25) is 0 Å². The maximum absolute atomic E-state index is 11.3. The topological polar surface area (TPSA) is 29.5 Å². The lowest BCUT2D eigenvalue weighted by Gasteiger charge is -2.17. The molecule has 0 saturated carbocycles. The summed E-state index contributed by atoms with van der Waals surface area (Å²) in [7, 11) is 0. The van der Waals surface area contributed by atoms with Gasteiger partial charge in [0.2, 0.25) is 0 Å². The van der Waals surface area contributed by atoms with Crippen LogP contribution in [-0.2, 0) is 11.3 Å². The molecule has 1 aliphatic heterocycles. The summed E-state index contributed by atoms with van der Waals surface area (Å²) in [6.45, 7) is 3.14. The van der Waals surface area contributed by atoms with Crippen LogP contribution in [0.1, 0.15) is 12.5 Å². The molecule has 2 rings (SSSR count). The van der Waals surface area contributed by atoms with Crippen LogP contribution in [-0.4, -0.2) is 23.6 Å². The highest BCUT2D eigenvalue weighted by molar-refractivity contribution is 5.70. The molecular weight excluding hydrogens is 178 g/mol. The van der Waals surface area contributed by atoms with Gasteiger partial charge >= 0.3 is 6.09 Å². The molecule has 1 amide bonds. The first-order chi connectivity index (χ1) is 6.77. The molecular formula is C11H13NO2. The van der Waals surface area contributed by atoms with E-state index >= 15 is 0 Å². The average molecular weight is 191 g/mol. The van der Waals surface area contributed by atoms with E-state index in [9.17, 15) is 4.79 Å². The SMILES string of the molecule is C[C@@H]1COC(=O)N1Cc1ccccc1. The average Bonchev–Trinajstić information content (AvgIpc) is 2.51. The van der Waals surface area contributed by atoms with Crippen LogP contribution in [0.15, 0.2) is 30.3 Å². The lowest BCUT2D eigenvalue weighted by Crippen LogP contribution is -2.30. The van der Waals surface area contributed by atoms with Gasteiger partial charge in [-0.1, -0.05) is 30.3 Å². The second-order valence-electron chi connectivity index (χ2n) is 3.54. The third-order valence-corrected chi connectivity index (χ3v) is 2.41. The van der Waals surface area contributed by atoms with E-state index in [1.165, 1.54) is 0 Å². The Kier molecular flexibility index (Phi) is 2.39. The van der Waals surface area contributed by atoms with Gasteiger partial charge in [-0.2, -0.15) is 0 Å². The van der Waals surface area contributed by atoms with Crippen LogP contribution in [0.4, 0.5) is 4.79 Å². The summed E-state index contributed by atoms with van der Waals surface area (Å²) in [5.41, 5.74) is 1.14. The first kappa shape index (κ1) is 9.06. The molecule has 0 radical (unpaired) electrons. The number of carbonyl (C=O) groups excluding carboxylic acids is 1. The van der Waals surface area contributed by atoms with Crippen molar-refractivity contribution in [2.75, 3.05) is 6.61 Å². The Morgan fingerprint density at radius 1 is 1.43 bits per heavy atom. The van der Waals surface area contributed by atoms with Gasteiger partial charge < -0.3 is 4.74 Å². The van der Waals surface area contributed by atoms with Crippen LogP contribution >= 0.6 is 0 Å². The molecule has 3 heteroatoms. The van der Waals surface area contributed by atoms with Crippen molar-refractivity contribution in [1.82, 2.24) is 4.90 Å². The summed E-state index contributed by atoms with van der Waals surface area (Å²) in [5, 5.41) is 0. The predicted molar refractivity (Wildman–Crippen MR) is 52.8 cm³/mol. The molecule has 14 heavy (non-hydrogen) atoms. The highest BCUT2D eigenvalue weighted by Crippen LogP contribution is 2.15. The normalized spacial score (nSPS) is 21.1. The summed E-state index contributed by atoms with van der Waals surface area (Å²) in [6, 6.07) is 10.1. The quantitative estimate of drug-likeness (QED) is 0.715. The van der Waals surface area contributed by atoms with Crippen LogP contribution in [0.5, 0.6) is 0 Å². The summed E-state index contributed by atoms with van der Waals surface area (Å²) in [5.74, 6) is 0. The lowest BCUT2D eigenvalue weighted by molar-refractivity contribution is 0.156. The second kappa shape index (κ2) is 3.70. The van der Waals surface area contributed by atoms with E-state index in [2.05, 4.69) is 0 Å². The number of nitrogens with zero attached hydrogens (tertiary/aromatic N) is 1. The van der Waals surface area contributed by atoms with Gasteiger partial charge in [-0.25, -0.2) is 4.79 Å². The van der Waals surface area contributed by atoms with E-state index < -0.39 is 0 Å². The fourth-order valence-electron chi connectivity index (χ4n) is 1.55. The van der Waals surface area contributed by atoms with Crippen molar-refractivity contribution in [2.24, 2.45) is 0 Å². The number of hydrogen-bond donors (Lipinski definition) is 0. The molecule has 1 heterocycles. The Balaban J connectivity index is 2.07. The molecule has 0 aliphatic carbocycles. The Morgan fingerprint density at radius 2 is 2.14 bits per heavy atom. The highest BCUT2D eigenvalue weighted by atomic mass is 16.6. The number of amides is 1. The van der Waals surface area contributed by atoms with Gasteiger partial charge in [-0.15, -0.1) is 0 Å². The molecule has 1 fully saturated rings. The molecule has 0 aromatic heterocycles. The maximum Gasteiger partial charge on any atom is 0.410 e. The van der Waals surface area contributed by atoms with Crippen molar-refractivity contribution in [3.05, 3.63) is 35.9 Å². The van der Waals surface area contributed by atoms with E-state index in [0.717, 1.165) is 5.56 Å². The number of benzene rings is 1. The van der Waals surface area contributed by atoms with E-state index in [1.807, 2.05) is 37.3 Å². The minimum absolute atomic E-state index is 0.183. The first-order valence-corrected chi connectivity index (χ1v) is 4.74. The lowest BCUT2D eigenvalue weighted by atomic mass is 10.2. The van der Waals surface area contributed by atoms with E-state index in [1.54, 1.807) is 4.90 Å². The highest BCUT2D eigenvalue weighted by Gasteiger charge is 2.28. The van der Waals surface area contributed by atoms with Crippen molar-refractivity contribution in [1.29, 1.82) is 0 Å². The monoisotopic (exact) mass is 191 g/mol. The molecule has 0 spiro atoms. The smallest absolute Gasteiger partial charge is 0.410 e.